The lowest BCUT2D eigenvalue weighted by molar-refractivity contribution is -0.133. The fourth-order valence-electron chi connectivity index (χ4n) is 2.02. The van der Waals surface area contributed by atoms with Crippen molar-refractivity contribution in [2.24, 2.45) is 5.73 Å². The van der Waals surface area contributed by atoms with Crippen LogP contribution in [-0.2, 0) is 4.79 Å². The van der Waals surface area contributed by atoms with Gasteiger partial charge in [0.1, 0.15) is 12.4 Å². The highest BCUT2D eigenvalue weighted by molar-refractivity contribution is 5.97. The molecule has 110 valence electrons. The number of nitrogens with two attached hydrogens (primary N) is 1. The van der Waals surface area contributed by atoms with Crippen LogP contribution in [0.4, 0.5) is 4.39 Å². The van der Waals surface area contributed by atoms with Crippen molar-refractivity contribution in [3.8, 4) is 11.8 Å². The third kappa shape index (κ3) is 3.38. The molecule has 2 N–H and O–H groups in total. The van der Waals surface area contributed by atoms with Gasteiger partial charge in [-0.2, -0.15) is 0 Å². The van der Waals surface area contributed by atoms with Gasteiger partial charge in [0.05, 0.1) is 12.1 Å². The molecule has 1 aliphatic heterocycles. The Bertz CT molecular complexity index is 634. The van der Waals surface area contributed by atoms with E-state index in [9.17, 15) is 14.0 Å². The second kappa shape index (κ2) is 6.37. The summed E-state index contributed by atoms with van der Waals surface area (Å²) in [7, 11) is 1.67. The zero-order valence-electron chi connectivity index (χ0n) is 11.7. The molecule has 0 radical (unpaired) electrons. The molecule has 1 fully saturated rings. The van der Waals surface area contributed by atoms with Gasteiger partial charge in [0.2, 0.25) is 5.91 Å². The lowest BCUT2D eigenvalue weighted by atomic mass is 10.1. The van der Waals surface area contributed by atoms with Crippen LogP contribution in [0.25, 0.3) is 0 Å². The van der Waals surface area contributed by atoms with E-state index in [1.54, 1.807) is 11.9 Å². The number of rotatable bonds is 1. The van der Waals surface area contributed by atoms with Crippen molar-refractivity contribution in [1.29, 1.82) is 0 Å². The van der Waals surface area contributed by atoms with Crippen LogP contribution in [0.1, 0.15) is 15.9 Å². The number of piperazine rings is 1. The third-order valence-corrected chi connectivity index (χ3v) is 3.28. The number of hydrogen-bond acceptors (Lipinski definition) is 3. The summed E-state index contributed by atoms with van der Waals surface area (Å²) in [6.07, 6.45) is 0. The number of hydrogen-bond donors (Lipinski definition) is 1. The lowest BCUT2D eigenvalue weighted by Gasteiger charge is -2.32. The molecule has 0 saturated carbocycles. The Hall–Kier alpha value is -2.39. The van der Waals surface area contributed by atoms with E-state index in [-0.39, 0.29) is 24.6 Å². The number of nitrogens with zero attached hydrogens (tertiary/aromatic N) is 2. The third-order valence-electron chi connectivity index (χ3n) is 3.28. The van der Waals surface area contributed by atoms with Crippen LogP contribution in [0.3, 0.4) is 0 Å². The van der Waals surface area contributed by atoms with Gasteiger partial charge in [0, 0.05) is 25.7 Å². The quantitative estimate of drug-likeness (QED) is 0.743. The fraction of sp³-hybridized carbons (Fsp3) is 0.333. The SMILES string of the molecule is CN1CCN(C(=O)c2cc(C#CCN)ccc2F)CC1=O. The van der Waals surface area contributed by atoms with E-state index < -0.39 is 11.7 Å². The van der Waals surface area contributed by atoms with E-state index in [0.29, 0.717) is 18.7 Å². The van der Waals surface area contributed by atoms with Crippen molar-refractivity contribution in [3.63, 3.8) is 0 Å². The number of halogens is 1. The van der Waals surface area contributed by atoms with E-state index in [1.807, 2.05) is 0 Å². The van der Waals surface area contributed by atoms with E-state index in [2.05, 4.69) is 11.8 Å². The van der Waals surface area contributed by atoms with Gasteiger partial charge in [-0.1, -0.05) is 11.8 Å². The van der Waals surface area contributed by atoms with Gasteiger partial charge in [-0.05, 0) is 18.2 Å². The zero-order valence-corrected chi connectivity index (χ0v) is 11.7. The molecular weight excluding hydrogens is 273 g/mol. The summed E-state index contributed by atoms with van der Waals surface area (Å²) in [5, 5.41) is 0. The van der Waals surface area contributed by atoms with Gasteiger partial charge in [0.25, 0.3) is 5.91 Å². The Morgan fingerprint density at radius 2 is 2.19 bits per heavy atom. The lowest BCUT2D eigenvalue weighted by Crippen LogP contribution is -2.50. The summed E-state index contributed by atoms with van der Waals surface area (Å²) in [6.45, 7) is 0.985. The second-order valence-electron chi connectivity index (χ2n) is 4.74. The first-order valence-electron chi connectivity index (χ1n) is 6.54. The molecular formula is C15H16FN3O2. The summed E-state index contributed by atoms with van der Waals surface area (Å²) in [4.78, 5) is 26.9. The molecule has 0 aliphatic carbocycles. The van der Waals surface area contributed by atoms with Crippen LogP contribution < -0.4 is 5.73 Å². The van der Waals surface area contributed by atoms with Crippen molar-refractivity contribution in [3.05, 3.63) is 35.1 Å². The van der Waals surface area contributed by atoms with E-state index in [4.69, 9.17) is 5.73 Å². The fourth-order valence-corrected chi connectivity index (χ4v) is 2.02. The second-order valence-corrected chi connectivity index (χ2v) is 4.74. The highest BCUT2D eigenvalue weighted by atomic mass is 19.1. The van der Waals surface area contributed by atoms with Crippen molar-refractivity contribution in [2.45, 2.75) is 0 Å². The summed E-state index contributed by atoms with van der Waals surface area (Å²) in [6, 6.07) is 4.08. The number of amides is 2. The van der Waals surface area contributed by atoms with Gasteiger partial charge in [-0.3, -0.25) is 9.59 Å². The largest absolute Gasteiger partial charge is 0.342 e. The minimum absolute atomic E-state index is 0.0342. The standard InChI is InChI=1S/C15H16FN3O2/c1-18-7-8-19(10-14(18)20)15(21)12-9-11(3-2-6-17)4-5-13(12)16/h4-5,9H,6-8,10,17H2,1H3. The molecule has 1 aromatic rings. The average molecular weight is 289 g/mol. The highest BCUT2D eigenvalue weighted by Gasteiger charge is 2.27. The van der Waals surface area contributed by atoms with Crippen LogP contribution in [0.15, 0.2) is 18.2 Å². The number of carbonyl (C=O) groups is 2. The molecule has 0 atom stereocenters. The summed E-state index contributed by atoms with van der Waals surface area (Å²) in [5.74, 6) is 4.14. The van der Waals surface area contributed by atoms with Crippen molar-refractivity contribution in [2.75, 3.05) is 33.2 Å². The van der Waals surface area contributed by atoms with Crippen molar-refractivity contribution in [1.82, 2.24) is 9.80 Å². The normalized spacial score (nSPS) is 14.7. The Morgan fingerprint density at radius 1 is 1.43 bits per heavy atom. The van der Waals surface area contributed by atoms with Gasteiger partial charge in [-0.25, -0.2) is 4.39 Å². The molecule has 0 bridgehead atoms. The summed E-state index contributed by atoms with van der Waals surface area (Å²) in [5.41, 5.74) is 5.73. The van der Waals surface area contributed by atoms with Crippen molar-refractivity contribution < 1.29 is 14.0 Å². The highest BCUT2D eigenvalue weighted by Crippen LogP contribution is 2.14. The Labute approximate surface area is 122 Å². The maximum atomic E-state index is 13.9. The average Bonchev–Trinajstić information content (AvgIpc) is 2.48. The minimum Gasteiger partial charge on any atom is -0.342 e. The smallest absolute Gasteiger partial charge is 0.257 e. The van der Waals surface area contributed by atoms with Crippen LogP contribution >= 0.6 is 0 Å². The number of likely N-dealkylation sites (N-methyl/N-ethyl adjacent to an activating group) is 1. The van der Waals surface area contributed by atoms with Gasteiger partial charge in [0.15, 0.2) is 0 Å². The van der Waals surface area contributed by atoms with Crippen LogP contribution in [0.5, 0.6) is 0 Å². The monoisotopic (exact) mass is 289 g/mol. The van der Waals surface area contributed by atoms with Gasteiger partial charge >= 0.3 is 0 Å². The topological polar surface area (TPSA) is 66.6 Å². The molecule has 0 aromatic heterocycles. The summed E-state index contributed by atoms with van der Waals surface area (Å²) >= 11 is 0. The number of benzene rings is 1. The molecule has 2 amide bonds. The molecule has 0 unspecified atom stereocenters. The predicted molar refractivity (Wildman–Crippen MR) is 75.9 cm³/mol. The van der Waals surface area contributed by atoms with Gasteiger partial charge < -0.3 is 15.5 Å². The van der Waals surface area contributed by atoms with Crippen molar-refractivity contribution >= 4 is 11.8 Å². The Balaban J connectivity index is 2.24. The Kier molecular flexibility index (Phi) is 4.55. The molecule has 6 heteroatoms. The molecule has 21 heavy (non-hydrogen) atoms. The number of carbonyl (C=O) groups excluding carboxylic acids is 2. The van der Waals surface area contributed by atoms with E-state index >= 15 is 0 Å². The predicted octanol–water partition coefficient (Wildman–Crippen LogP) is 0.0501. The molecule has 2 rings (SSSR count). The molecule has 1 saturated heterocycles. The maximum Gasteiger partial charge on any atom is 0.257 e. The van der Waals surface area contributed by atoms with E-state index in [1.165, 1.54) is 23.1 Å². The molecule has 1 aliphatic rings. The van der Waals surface area contributed by atoms with E-state index in [0.717, 1.165) is 0 Å². The molecule has 5 nitrogen and oxygen atoms in total. The first-order chi connectivity index (χ1) is 10.0. The molecule has 1 aromatic carbocycles. The van der Waals surface area contributed by atoms with Gasteiger partial charge in [-0.15, -0.1) is 0 Å². The Morgan fingerprint density at radius 3 is 2.86 bits per heavy atom. The maximum absolute atomic E-state index is 13.9. The van der Waals surface area contributed by atoms with Crippen LogP contribution in [-0.4, -0.2) is 54.8 Å². The zero-order chi connectivity index (χ0) is 15.4. The summed E-state index contributed by atoms with van der Waals surface area (Å²) < 4.78 is 13.9. The first kappa shape index (κ1) is 15.0. The molecule has 0 spiro atoms. The van der Waals surface area contributed by atoms with Crippen LogP contribution in [0.2, 0.25) is 0 Å². The molecule has 1 heterocycles. The first-order valence-corrected chi connectivity index (χ1v) is 6.54. The minimum atomic E-state index is -0.621. The van der Waals surface area contributed by atoms with Crippen LogP contribution in [0, 0.1) is 17.7 Å².